The van der Waals surface area contributed by atoms with Crippen LogP contribution in [0.4, 0.5) is 0 Å². The Balaban J connectivity index is 0. The molecule has 12 heavy (non-hydrogen) atoms. The van der Waals surface area contributed by atoms with E-state index in [2.05, 4.69) is 20.8 Å². The monoisotopic (exact) mass is 216 g/mol. The molecule has 3 N–H and O–H groups in total. The van der Waals surface area contributed by atoms with Crippen LogP contribution in [0.5, 0.6) is 0 Å². The maximum Gasteiger partial charge on any atom is 0.466 e. The average molecular weight is 216 g/mol. The van der Waals surface area contributed by atoms with Crippen LogP contribution in [0, 0.1) is 0 Å². The maximum absolute atomic E-state index is 8.88. The van der Waals surface area contributed by atoms with Gasteiger partial charge in [0.05, 0.1) is 0 Å². The van der Waals surface area contributed by atoms with Gasteiger partial charge in [0.25, 0.3) is 0 Å². The highest BCUT2D eigenvalue weighted by Gasteiger charge is 2.00. The minimum Gasteiger partial charge on any atom is -0.303 e. The molecule has 0 aromatic heterocycles. The Kier molecular flexibility index (Phi) is 10.2. The van der Waals surface area contributed by atoms with E-state index >= 15 is 0 Å². The topological polar surface area (TPSA) is 77.8 Å². The van der Waals surface area contributed by atoms with E-state index in [1.807, 2.05) is 0 Å². The summed E-state index contributed by atoms with van der Waals surface area (Å²) in [5.74, 6) is 0. The van der Waals surface area contributed by atoms with E-state index < -0.39 is 7.82 Å². The molecule has 0 aromatic rings. The van der Waals surface area contributed by atoms with Crippen molar-refractivity contribution >= 4 is 15.7 Å². The van der Waals surface area contributed by atoms with Gasteiger partial charge in [-0.3, -0.25) is 0 Å². The summed E-state index contributed by atoms with van der Waals surface area (Å²) in [4.78, 5) is 21.6. The normalized spacial score (nSPS) is 10.9. The zero-order chi connectivity index (χ0) is 10.2. The highest BCUT2D eigenvalue weighted by molar-refractivity contribution is 7.57. The van der Waals surface area contributed by atoms with Crippen molar-refractivity contribution < 1.29 is 19.2 Å². The summed E-state index contributed by atoms with van der Waals surface area (Å²) in [7, 11) is -4.19. The molecule has 76 valence electrons. The van der Waals surface area contributed by atoms with Crippen LogP contribution in [-0.4, -0.2) is 33.2 Å². The van der Waals surface area contributed by atoms with Gasteiger partial charge in [-0.15, -0.1) is 7.92 Å². The quantitative estimate of drug-likeness (QED) is 0.626. The van der Waals surface area contributed by atoms with Crippen LogP contribution < -0.4 is 0 Å². The molecule has 0 aliphatic heterocycles. The first-order chi connectivity index (χ1) is 5.35. The molecule has 0 bridgehead atoms. The molecule has 0 aliphatic rings. The standard InChI is InChI=1S/C6H15P.H3O4P/c1-4-7(5-2)6-3;1-5(2,3)4/h4-6H2,1-3H3;(H3,1,2,3,4). The van der Waals surface area contributed by atoms with Gasteiger partial charge in [0.15, 0.2) is 0 Å². The number of rotatable bonds is 3. The van der Waals surface area contributed by atoms with Gasteiger partial charge in [0.2, 0.25) is 0 Å². The molecule has 0 saturated heterocycles. The van der Waals surface area contributed by atoms with Gasteiger partial charge in [0.1, 0.15) is 0 Å². The molecule has 0 atom stereocenters. The van der Waals surface area contributed by atoms with Crippen molar-refractivity contribution in [3.8, 4) is 0 Å². The fraction of sp³-hybridized carbons (Fsp3) is 1.00. The summed E-state index contributed by atoms with van der Waals surface area (Å²) >= 11 is 0. The summed E-state index contributed by atoms with van der Waals surface area (Å²) in [5, 5.41) is 0. The lowest BCUT2D eigenvalue weighted by molar-refractivity contribution is 0.275. The van der Waals surface area contributed by atoms with Crippen LogP contribution in [0.1, 0.15) is 20.8 Å². The Bertz CT molecular complexity index is 116. The van der Waals surface area contributed by atoms with Gasteiger partial charge in [-0.1, -0.05) is 20.8 Å². The van der Waals surface area contributed by atoms with Gasteiger partial charge in [-0.05, 0) is 18.5 Å². The lowest BCUT2D eigenvalue weighted by atomic mass is 10.9. The molecule has 0 aromatic carbocycles. The summed E-state index contributed by atoms with van der Waals surface area (Å²) in [6.45, 7) is 6.87. The molecule has 0 saturated carbocycles. The Labute approximate surface area is 75.0 Å². The molecule has 0 spiro atoms. The van der Waals surface area contributed by atoms with Gasteiger partial charge in [0, 0.05) is 0 Å². The molecule has 0 amide bonds. The molecule has 0 unspecified atom stereocenters. The molecule has 4 nitrogen and oxygen atoms in total. The number of hydrogen-bond donors (Lipinski definition) is 3. The highest BCUT2D eigenvalue weighted by atomic mass is 31.2. The first-order valence-corrected chi connectivity index (χ1v) is 7.32. The second-order valence-corrected chi connectivity index (χ2v) is 6.40. The minimum absolute atomic E-state index is 0.446. The summed E-state index contributed by atoms with van der Waals surface area (Å²) < 4.78 is 8.88. The number of phosphoric acid groups is 1. The summed E-state index contributed by atoms with van der Waals surface area (Å²) in [6, 6.07) is 0. The molecule has 6 heteroatoms. The second kappa shape index (κ2) is 8.15. The van der Waals surface area contributed by atoms with Crippen LogP contribution in [0.3, 0.4) is 0 Å². The largest absolute Gasteiger partial charge is 0.466 e. The fourth-order valence-electron chi connectivity index (χ4n) is 0.671. The van der Waals surface area contributed by atoms with E-state index in [-0.39, 0.29) is 0 Å². The third kappa shape index (κ3) is 22.4. The predicted molar refractivity (Wildman–Crippen MR) is 52.8 cm³/mol. The zero-order valence-corrected chi connectivity index (χ0v) is 9.55. The van der Waals surface area contributed by atoms with E-state index in [4.69, 9.17) is 19.2 Å². The van der Waals surface area contributed by atoms with Crippen LogP contribution in [-0.2, 0) is 4.57 Å². The highest BCUT2D eigenvalue weighted by Crippen LogP contribution is 2.32. The Hall–Kier alpha value is 0.540. The van der Waals surface area contributed by atoms with Gasteiger partial charge in [-0.25, -0.2) is 4.57 Å². The van der Waals surface area contributed by atoms with E-state index in [9.17, 15) is 0 Å². The first-order valence-electron chi connectivity index (χ1n) is 3.85. The van der Waals surface area contributed by atoms with Crippen molar-refractivity contribution in [2.24, 2.45) is 0 Å². The zero-order valence-electron chi connectivity index (χ0n) is 7.77. The van der Waals surface area contributed by atoms with E-state index in [1.54, 1.807) is 0 Å². The molecule has 0 radical (unpaired) electrons. The van der Waals surface area contributed by atoms with E-state index in [1.165, 1.54) is 18.5 Å². The van der Waals surface area contributed by atoms with Gasteiger partial charge in [-0.2, -0.15) is 0 Å². The van der Waals surface area contributed by atoms with Crippen molar-refractivity contribution in [1.82, 2.24) is 0 Å². The molecule has 0 fully saturated rings. The molecule has 0 aliphatic carbocycles. The summed E-state index contributed by atoms with van der Waals surface area (Å²) in [5.41, 5.74) is 0. The molecule has 0 rings (SSSR count). The van der Waals surface area contributed by atoms with Crippen molar-refractivity contribution in [3.05, 3.63) is 0 Å². The third-order valence-corrected chi connectivity index (χ3v) is 4.02. The lowest BCUT2D eigenvalue weighted by Gasteiger charge is -2.07. The molecule has 0 heterocycles. The fourth-order valence-corrected chi connectivity index (χ4v) is 2.01. The minimum atomic E-state index is -4.64. The van der Waals surface area contributed by atoms with Crippen LogP contribution in [0.2, 0.25) is 0 Å². The Morgan fingerprint density at radius 2 is 1.17 bits per heavy atom. The van der Waals surface area contributed by atoms with Crippen molar-refractivity contribution in [3.63, 3.8) is 0 Å². The maximum atomic E-state index is 8.88. The lowest BCUT2D eigenvalue weighted by Crippen LogP contribution is -1.83. The van der Waals surface area contributed by atoms with Crippen LogP contribution >= 0.6 is 15.7 Å². The Morgan fingerprint density at radius 3 is 1.17 bits per heavy atom. The molecular formula is C6H18O4P2. The van der Waals surface area contributed by atoms with E-state index in [0.29, 0.717) is 7.92 Å². The third-order valence-electron chi connectivity index (χ3n) is 1.34. The first kappa shape index (κ1) is 15.0. The predicted octanol–water partition coefficient (Wildman–Crippen LogP) is 1.60. The van der Waals surface area contributed by atoms with Crippen LogP contribution in [0.25, 0.3) is 0 Å². The van der Waals surface area contributed by atoms with Gasteiger partial charge < -0.3 is 14.7 Å². The smallest absolute Gasteiger partial charge is 0.303 e. The van der Waals surface area contributed by atoms with Crippen molar-refractivity contribution in [1.29, 1.82) is 0 Å². The van der Waals surface area contributed by atoms with Crippen molar-refractivity contribution in [2.45, 2.75) is 20.8 Å². The summed E-state index contributed by atoms with van der Waals surface area (Å²) in [6.07, 6.45) is 4.26. The van der Waals surface area contributed by atoms with Crippen LogP contribution in [0.15, 0.2) is 0 Å². The Morgan fingerprint density at radius 1 is 1.00 bits per heavy atom. The van der Waals surface area contributed by atoms with Crippen molar-refractivity contribution in [2.75, 3.05) is 18.5 Å². The SMILES string of the molecule is CCP(CC)CC.O=P(O)(O)O. The molecular weight excluding hydrogens is 198 g/mol. The number of hydrogen-bond acceptors (Lipinski definition) is 1. The average Bonchev–Trinajstić information content (AvgIpc) is 1.88. The van der Waals surface area contributed by atoms with E-state index in [0.717, 1.165) is 0 Å². The second-order valence-electron chi connectivity index (χ2n) is 2.13. The van der Waals surface area contributed by atoms with Gasteiger partial charge >= 0.3 is 7.82 Å².